The van der Waals surface area contributed by atoms with Crippen molar-refractivity contribution in [1.82, 2.24) is 0 Å². The first kappa shape index (κ1) is 18.0. The van der Waals surface area contributed by atoms with Crippen molar-refractivity contribution in [3.8, 4) is 11.5 Å². The number of benzene rings is 2. The fourth-order valence-electron chi connectivity index (χ4n) is 2.02. The number of phenols is 1. The summed E-state index contributed by atoms with van der Waals surface area (Å²) in [6.07, 6.45) is 2.54. The fraction of sp³-hybridized carbons (Fsp3) is 0.111. The fourth-order valence-corrected chi connectivity index (χ4v) is 2.53. The van der Waals surface area contributed by atoms with E-state index < -0.39 is 0 Å². The summed E-state index contributed by atoms with van der Waals surface area (Å²) in [7, 11) is 1.43. The lowest BCUT2D eigenvalue weighted by Crippen LogP contribution is -2.06. The molecular weight excluding hydrogens is 351 g/mol. The summed E-state index contributed by atoms with van der Waals surface area (Å²) < 4.78 is 4.99. The highest BCUT2D eigenvalue weighted by atomic mass is 35.5. The number of phenolic OH excluding ortho intramolecular Hbond substituents is 1. The van der Waals surface area contributed by atoms with Crippen LogP contribution >= 0.6 is 23.2 Å². The first-order valence-corrected chi connectivity index (χ1v) is 7.72. The van der Waals surface area contributed by atoms with E-state index in [4.69, 9.17) is 27.9 Å². The molecule has 0 fully saturated rings. The predicted octanol–water partition coefficient (Wildman–Crippen LogP) is 4.56. The van der Waals surface area contributed by atoms with Crippen molar-refractivity contribution in [3.63, 3.8) is 0 Å². The van der Waals surface area contributed by atoms with Gasteiger partial charge in [0.05, 0.1) is 18.6 Å². The molecule has 0 bridgehead atoms. The van der Waals surface area contributed by atoms with Crippen molar-refractivity contribution < 1.29 is 19.4 Å². The zero-order valence-electron chi connectivity index (χ0n) is 12.8. The quantitative estimate of drug-likeness (QED) is 0.463. The maximum Gasteiger partial charge on any atom is 0.172 e. The Bertz CT molecular complexity index is 813. The van der Waals surface area contributed by atoms with Gasteiger partial charge in [-0.2, -0.15) is 0 Å². The van der Waals surface area contributed by atoms with Crippen LogP contribution in [0.4, 0.5) is 0 Å². The van der Waals surface area contributed by atoms with Gasteiger partial charge in [0.25, 0.3) is 0 Å². The van der Waals surface area contributed by atoms with Crippen LogP contribution in [0.1, 0.15) is 22.3 Å². The van der Waals surface area contributed by atoms with E-state index in [0.29, 0.717) is 16.3 Å². The molecule has 0 unspecified atom stereocenters. The molecule has 0 saturated carbocycles. The minimum absolute atomic E-state index is 0.00790. The molecule has 0 spiro atoms. The number of hydrogen-bond acceptors (Lipinski definition) is 4. The third-order valence-corrected chi connectivity index (χ3v) is 3.78. The number of ether oxygens (including phenoxy) is 1. The molecule has 1 N–H and O–H groups in total. The lowest BCUT2D eigenvalue weighted by atomic mass is 10.1. The molecule has 0 aliphatic rings. The second kappa shape index (κ2) is 7.99. The molecule has 4 nitrogen and oxygen atoms in total. The van der Waals surface area contributed by atoms with Crippen LogP contribution in [0.5, 0.6) is 11.5 Å². The number of carbonyl (C=O) groups is 2. The predicted molar refractivity (Wildman–Crippen MR) is 94.1 cm³/mol. The largest absolute Gasteiger partial charge is 0.504 e. The topological polar surface area (TPSA) is 63.6 Å². The third-order valence-electron chi connectivity index (χ3n) is 3.23. The van der Waals surface area contributed by atoms with Crippen molar-refractivity contribution >= 4 is 40.8 Å². The van der Waals surface area contributed by atoms with Crippen molar-refractivity contribution in [2.24, 2.45) is 0 Å². The smallest absolute Gasteiger partial charge is 0.172 e. The van der Waals surface area contributed by atoms with Gasteiger partial charge in [0.15, 0.2) is 23.1 Å². The molecular formula is C18H14Cl2O4. The first-order valence-electron chi connectivity index (χ1n) is 6.97. The molecule has 24 heavy (non-hydrogen) atoms. The van der Waals surface area contributed by atoms with Gasteiger partial charge in [0.1, 0.15) is 0 Å². The average molecular weight is 365 g/mol. The summed E-state index contributed by atoms with van der Waals surface area (Å²) in [4.78, 5) is 24.1. The summed E-state index contributed by atoms with van der Waals surface area (Å²) in [5.74, 6) is -0.435. The zero-order chi connectivity index (χ0) is 17.7. The Kier molecular flexibility index (Phi) is 6.01. The van der Waals surface area contributed by atoms with E-state index in [9.17, 15) is 14.7 Å². The van der Waals surface area contributed by atoms with Gasteiger partial charge in [-0.3, -0.25) is 9.59 Å². The van der Waals surface area contributed by atoms with E-state index in [1.807, 2.05) is 0 Å². The van der Waals surface area contributed by atoms with Gasteiger partial charge in [-0.25, -0.2) is 0 Å². The minimum atomic E-state index is -0.380. The maximum absolute atomic E-state index is 12.1. The van der Waals surface area contributed by atoms with E-state index in [-0.39, 0.29) is 34.3 Å². The van der Waals surface area contributed by atoms with Crippen molar-refractivity contribution in [2.45, 2.75) is 6.42 Å². The first-order chi connectivity index (χ1) is 11.4. The van der Waals surface area contributed by atoms with Crippen LogP contribution in [0.2, 0.25) is 10.0 Å². The number of aromatic hydroxyl groups is 1. The molecule has 2 aromatic carbocycles. The Morgan fingerprint density at radius 3 is 2.58 bits per heavy atom. The Morgan fingerprint density at radius 1 is 1.17 bits per heavy atom. The Balaban J connectivity index is 2.06. The summed E-state index contributed by atoms with van der Waals surface area (Å²) in [5.41, 5.74) is 0.920. The molecule has 0 amide bonds. The number of halogens is 2. The zero-order valence-corrected chi connectivity index (χ0v) is 14.3. The molecule has 0 aromatic heterocycles. The highest BCUT2D eigenvalue weighted by Crippen LogP contribution is 2.27. The maximum atomic E-state index is 12.1. The van der Waals surface area contributed by atoms with E-state index in [1.165, 1.54) is 31.4 Å². The summed E-state index contributed by atoms with van der Waals surface area (Å²) in [6.45, 7) is 0. The molecule has 0 aliphatic heterocycles. The Hall–Kier alpha value is -2.30. The second-order valence-electron chi connectivity index (χ2n) is 4.96. The van der Waals surface area contributed by atoms with Gasteiger partial charge < -0.3 is 9.84 Å². The molecule has 2 aromatic rings. The number of hydrogen-bond donors (Lipinski definition) is 1. The molecule has 0 saturated heterocycles. The van der Waals surface area contributed by atoms with Crippen LogP contribution < -0.4 is 4.74 Å². The highest BCUT2D eigenvalue weighted by Gasteiger charge is 2.13. The SMILES string of the molecule is COc1cc(/C=C/C(=O)CC(=O)c2ccc(Cl)cc2Cl)ccc1O. The molecule has 124 valence electrons. The Morgan fingerprint density at radius 2 is 1.92 bits per heavy atom. The minimum Gasteiger partial charge on any atom is -0.504 e. The van der Waals surface area contributed by atoms with Crippen molar-refractivity contribution in [2.75, 3.05) is 7.11 Å². The normalized spacial score (nSPS) is 10.8. The van der Waals surface area contributed by atoms with Crippen LogP contribution in [0.25, 0.3) is 6.08 Å². The number of allylic oxidation sites excluding steroid dienone is 1. The number of Topliss-reactive ketones (excluding diaryl/α,β-unsaturated/α-hetero) is 1. The monoisotopic (exact) mass is 364 g/mol. The number of methoxy groups -OCH3 is 1. The Labute approximate surface area is 149 Å². The van der Waals surface area contributed by atoms with Gasteiger partial charge in [-0.1, -0.05) is 35.3 Å². The number of carbonyl (C=O) groups excluding carboxylic acids is 2. The molecule has 0 aliphatic carbocycles. The van der Waals surface area contributed by atoms with Crippen LogP contribution in [-0.2, 0) is 4.79 Å². The van der Waals surface area contributed by atoms with E-state index in [0.717, 1.165) is 0 Å². The third kappa shape index (κ3) is 4.60. The van der Waals surface area contributed by atoms with Gasteiger partial charge in [-0.15, -0.1) is 0 Å². The van der Waals surface area contributed by atoms with Crippen LogP contribution in [-0.4, -0.2) is 23.8 Å². The summed E-state index contributed by atoms with van der Waals surface area (Å²) in [5, 5.41) is 10.2. The molecule has 0 radical (unpaired) electrons. The van der Waals surface area contributed by atoms with Crippen molar-refractivity contribution in [1.29, 1.82) is 0 Å². The van der Waals surface area contributed by atoms with E-state index in [1.54, 1.807) is 24.3 Å². The molecule has 0 heterocycles. The van der Waals surface area contributed by atoms with Crippen LogP contribution in [0, 0.1) is 0 Å². The average Bonchev–Trinajstić information content (AvgIpc) is 2.53. The van der Waals surface area contributed by atoms with Gasteiger partial charge in [0, 0.05) is 10.6 Å². The number of ketones is 2. The van der Waals surface area contributed by atoms with E-state index in [2.05, 4.69) is 0 Å². The number of rotatable bonds is 6. The second-order valence-corrected chi connectivity index (χ2v) is 5.80. The summed E-state index contributed by atoms with van der Waals surface area (Å²) in [6, 6.07) is 9.16. The van der Waals surface area contributed by atoms with E-state index >= 15 is 0 Å². The van der Waals surface area contributed by atoms with Gasteiger partial charge in [0.2, 0.25) is 0 Å². The van der Waals surface area contributed by atoms with Crippen molar-refractivity contribution in [3.05, 3.63) is 63.6 Å². The van der Waals surface area contributed by atoms with Crippen LogP contribution in [0.3, 0.4) is 0 Å². The molecule has 2 rings (SSSR count). The van der Waals surface area contributed by atoms with Gasteiger partial charge >= 0.3 is 0 Å². The molecule has 6 heteroatoms. The molecule has 0 atom stereocenters. The van der Waals surface area contributed by atoms with Gasteiger partial charge in [-0.05, 0) is 42.0 Å². The summed E-state index contributed by atoms with van der Waals surface area (Å²) >= 11 is 11.7. The standard InChI is InChI=1S/C18H14Cl2O4/c1-24-18-8-11(3-7-16(18)22)2-5-13(21)10-17(23)14-6-4-12(19)9-15(14)20/h2-9,22H,10H2,1H3/b5-2+. The lowest BCUT2D eigenvalue weighted by molar-refractivity contribution is -0.113. The van der Waals surface area contributed by atoms with Crippen LogP contribution in [0.15, 0.2) is 42.5 Å². The lowest BCUT2D eigenvalue weighted by Gasteiger charge is -2.04. The highest BCUT2D eigenvalue weighted by molar-refractivity contribution is 6.37.